The zero-order valence-corrected chi connectivity index (χ0v) is 15.4. The van der Waals surface area contributed by atoms with E-state index in [1.807, 2.05) is 0 Å². The van der Waals surface area contributed by atoms with Crippen LogP contribution in [0.25, 0.3) is 5.70 Å². The van der Waals surface area contributed by atoms with Crippen molar-refractivity contribution in [3.8, 4) is 0 Å². The van der Waals surface area contributed by atoms with Crippen LogP contribution in [-0.2, 0) is 4.74 Å². The fourth-order valence-electron chi connectivity index (χ4n) is 2.05. The Labute approximate surface area is 151 Å². The lowest BCUT2D eigenvalue weighted by atomic mass is 10.1. The van der Waals surface area contributed by atoms with Crippen LogP contribution in [-0.4, -0.2) is 48.4 Å². The summed E-state index contributed by atoms with van der Waals surface area (Å²) < 4.78 is 19.6. The predicted octanol–water partition coefficient (Wildman–Crippen LogP) is 2.97. The number of nitrogens with two attached hydrogens (primary N) is 1. The van der Waals surface area contributed by atoms with E-state index in [1.54, 1.807) is 20.8 Å². The number of rotatable bonds is 5. The van der Waals surface area contributed by atoms with Crippen LogP contribution in [0.2, 0.25) is 0 Å². The Hall–Kier alpha value is -2.97. The normalized spacial score (nSPS) is 12.7. The number of amides is 1. The smallest absolute Gasteiger partial charge is 0.410 e. The Morgan fingerprint density at radius 1 is 1.46 bits per heavy atom. The monoisotopic (exact) mass is 366 g/mol. The second kappa shape index (κ2) is 8.41. The molecule has 1 amide bonds. The molecule has 26 heavy (non-hydrogen) atoms. The second-order valence-corrected chi connectivity index (χ2v) is 6.56. The van der Waals surface area contributed by atoms with Gasteiger partial charge in [0.25, 0.3) is 0 Å². The number of hydrogen-bond donors (Lipinski definition) is 1. The number of hydrogen-bond acceptors (Lipinski definition) is 6. The highest BCUT2D eigenvalue weighted by molar-refractivity contribution is 5.91. The topological polar surface area (TPSA) is 111 Å². The van der Waals surface area contributed by atoms with E-state index in [-0.39, 0.29) is 17.8 Å². The first-order chi connectivity index (χ1) is 12.0. The summed E-state index contributed by atoms with van der Waals surface area (Å²) >= 11 is 0. The Morgan fingerprint density at radius 2 is 2.08 bits per heavy atom. The van der Waals surface area contributed by atoms with E-state index >= 15 is 0 Å². The van der Waals surface area contributed by atoms with Crippen molar-refractivity contribution in [1.29, 1.82) is 0 Å². The third-order valence-electron chi connectivity index (χ3n) is 3.21. The van der Waals surface area contributed by atoms with Crippen LogP contribution in [0.1, 0.15) is 26.3 Å². The molecule has 8 nitrogen and oxygen atoms in total. The summed E-state index contributed by atoms with van der Waals surface area (Å²) in [7, 11) is 2.99. The van der Waals surface area contributed by atoms with Gasteiger partial charge in [0.05, 0.1) is 11.5 Å². The Morgan fingerprint density at radius 3 is 2.58 bits per heavy atom. The minimum Gasteiger partial charge on any atom is -0.444 e. The van der Waals surface area contributed by atoms with Crippen LogP contribution in [0.4, 0.5) is 14.9 Å². The molecular weight excluding hydrogens is 343 g/mol. The zero-order chi connectivity index (χ0) is 20.1. The highest BCUT2D eigenvalue weighted by Crippen LogP contribution is 2.25. The van der Waals surface area contributed by atoms with Gasteiger partial charge >= 0.3 is 11.8 Å². The Kier molecular flexibility index (Phi) is 6.82. The minimum atomic E-state index is -1.04. The zero-order valence-electron chi connectivity index (χ0n) is 15.4. The Bertz CT molecular complexity index is 754. The largest absolute Gasteiger partial charge is 0.444 e. The van der Waals surface area contributed by atoms with Gasteiger partial charge < -0.3 is 15.4 Å². The molecule has 0 fully saturated rings. The first-order valence-electron chi connectivity index (χ1n) is 7.76. The predicted molar refractivity (Wildman–Crippen MR) is 97.4 cm³/mol. The molecule has 2 N–H and O–H groups in total. The summed E-state index contributed by atoms with van der Waals surface area (Å²) in [5.74, 6) is -1.04. The van der Waals surface area contributed by atoms with Gasteiger partial charge in [-0.25, -0.2) is 4.79 Å². The molecule has 0 spiro atoms. The molecule has 0 unspecified atom stereocenters. The molecule has 1 aromatic rings. The highest BCUT2D eigenvalue weighted by Gasteiger charge is 2.23. The van der Waals surface area contributed by atoms with Gasteiger partial charge in [-0.05, 0) is 26.8 Å². The van der Waals surface area contributed by atoms with Gasteiger partial charge in [-0.15, -0.1) is 0 Å². The summed E-state index contributed by atoms with van der Waals surface area (Å²) in [6.07, 6.45) is 0.779. The molecule has 0 aliphatic rings. The SMILES string of the molecule is CN=CC(CN(C)C(=O)OC(C)(C)C)=C(N)c1cccc([N+](=O)[O-])c1F. The van der Waals surface area contributed by atoms with Crippen molar-refractivity contribution in [2.24, 2.45) is 10.7 Å². The van der Waals surface area contributed by atoms with Gasteiger partial charge in [-0.2, -0.15) is 4.39 Å². The summed E-state index contributed by atoms with van der Waals surface area (Å²) in [5.41, 5.74) is 4.80. The van der Waals surface area contributed by atoms with E-state index < -0.39 is 28.1 Å². The van der Waals surface area contributed by atoms with Crippen molar-refractivity contribution in [2.45, 2.75) is 26.4 Å². The van der Waals surface area contributed by atoms with E-state index in [1.165, 1.54) is 37.3 Å². The number of benzene rings is 1. The van der Waals surface area contributed by atoms with Crippen LogP contribution >= 0.6 is 0 Å². The van der Waals surface area contributed by atoms with Gasteiger partial charge in [-0.3, -0.25) is 15.1 Å². The van der Waals surface area contributed by atoms with E-state index in [4.69, 9.17) is 10.5 Å². The average molecular weight is 366 g/mol. The molecule has 0 saturated heterocycles. The molecule has 0 saturated carbocycles. The molecule has 0 aromatic heterocycles. The number of nitro groups is 1. The lowest BCUT2D eigenvalue weighted by molar-refractivity contribution is -0.387. The molecular formula is C17H23FN4O4. The maximum atomic E-state index is 14.4. The van der Waals surface area contributed by atoms with Crippen molar-refractivity contribution in [3.05, 3.63) is 45.3 Å². The van der Waals surface area contributed by atoms with Crippen LogP contribution in [0.5, 0.6) is 0 Å². The van der Waals surface area contributed by atoms with Crippen LogP contribution in [0, 0.1) is 15.9 Å². The first kappa shape index (κ1) is 21.1. The molecule has 142 valence electrons. The summed E-state index contributed by atoms with van der Waals surface area (Å²) in [4.78, 5) is 27.3. The summed E-state index contributed by atoms with van der Waals surface area (Å²) in [6.45, 7) is 5.18. The lowest BCUT2D eigenvalue weighted by Crippen LogP contribution is -2.35. The average Bonchev–Trinajstić information content (AvgIpc) is 2.52. The lowest BCUT2D eigenvalue weighted by Gasteiger charge is -2.25. The van der Waals surface area contributed by atoms with E-state index in [2.05, 4.69) is 4.99 Å². The van der Waals surface area contributed by atoms with Crippen molar-refractivity contribution >= 4 is 23.7 Å². The molecule has 0 aliphatic carbocycles. The third-order valence-corrected chi connectivity index (χ3v) is 3.21. The van der Waals surface area contributed by atoms with Crippen molar-refractivity contribution in [2.75, 3.05) is 20.6 Å². The molecule has 0 atom stereocenters. The number of nitro benzene ring substituents is 1. The maximum absolute atomic E-state index is 14.4. The number of likely N-dealkylation sites (N-methyl/N-ethyl adjacent to an activating group) is 1. The van der Waals surface area contributed by atoms with Crippen LogP contribution in [0.3, 0.4) is 0 Å². The quantitative estimate of drug-likeness (QED) is 0.489. The van der Waals surface area contributed by atoms with Gasteiger partial charge in [0.15, 0.2) is 0 Å². The number of carbonyl (C=O) groups is 1. The summed E-state index contributed by atoms with van der Waals surface area (Å²) in [6, 6.07) is 3.71. The second-order valence-electron chi connectivity index (χ2n) is 6.56. The van der Waals surface area contributed by atoms with E-state index in [9.17, 15) is 19.3 Å². The highest BCUT2D eigenvalue weighted by atomic mass is 19.1. The molecule has 0 bridgehead atoms. The number of aliphatic imine (C=N–C) groups is 1. The number of carbonyl (C=O) groups excluding carboxylic acids is 1. The number of nitrogens with zero attached hydrogens (tertiary/aromatic N) is 3. The minimum absolute atomic E-state index is 0.0137. The van der Waals surface area contributed by atoms with E-state index in [0.29, 0.717) is 5.57 Å². The van der Waals surface area contributed by atoms with Crippen molar-refractivity contribution in [3.63, 3.8) is 0 Å². The fourth-order valence-corrected chi connectivity index (χ4v) is 2.05. The third kappa shape index (κ3) is 5.54. The van der Waals surface area contributed by atoms with E-state index in [0.717, 1.165) is 6.07 Å². The van der Waals surface area contributed by atoms with Crippen LogP contribution in [0.15, 0.2) is 28.8 Å². The van der Waals surface area contributed by atoms with Crippen LogP contribution < -0.4 is 5.73 Å². The van der Waals surface area contributed by atoms with Crippen molar-refractivity contribution in [1.82, 2.24) is 4.90 Å². The summed E-state index contributed by atoms with van der Waals surface area (Å²) in [5, 5.41) is 10.9. The molecule has 0 radical (unpaired) electrons. The number of halogens is 1. The first-order valence-corrected chi connectivity index (χ1v) is 7.76. The maximum Gasteiger partial charge on any atom is 0.410 e. The molecule has 9 heteroatoms. The molecule has 0 heterocycles. The standard InChI is InChI=1S/C17H23FN4O4/c1-17(2,3)26-16(23)21(5)10-11(9-20-4)15(19)12-7-6-8-13(14(12)18)22(24)25/h6-9H,10,19H2,1-5H3. The van der Waals surface area contributed by atoms with Gasteiger partial charge in [0, 0.05) is 43.2 Å². The molecule has 1 aromatic carbocycles. The molecule has 1 rings (SSSR count). The van der Waals surface area contributed by atoms with Gasteiger partial charge in [-0.1, -0.05) is 6.07 Å². The Balaban J connectivity index is 3.25. The van der Waals surface area contributed by atoms with Crippen molar-refractivity contribution < 1.29 is 18.8 Å². The number of ether oxygens (including phenoxy) is 1. The molecule has 0 aliphatic heterocycles. The van der Waals surface area contributed by atoms with Gasteiger partial charge in [0.1, 0.15) is 5.60 Å². The van der Waals surface area contributed by atoms with Gasteiger partial charge in [0.2, 0.25) is 5.82 Å². The fraction of sp³-hybridized carbons (Fsp3) is 0.412.